The Morgan fingerprint density at radius 1 is 1.37 bits per heavy atom. The van der Waals surface area contributed by atoms with Gasteiger partial charge in [0, 0.05) is 23.4 Å². The van der Waals surface area contributed by atoms with E-state index in [1.807, 2.05) is 18.4 Å². The van der Waals surface area contributed by atoms with Gasteiger partial charge in [0.05, 0.1) is 6.54 Å². The van der Waals surface area contributed by atoms with Crippen molar-refractivity contribution in [2.45, 2.75) is 17.0 Å². The highest BCUT2D eigenvalue weighted by Gasteiger charge is 2.46. The molecular weight excluding hydrogens is 269 g/mol. The lowest BCUT2D eigenvalue weighted by atomic mass is 10.1. The maximum Gasteiger partial charge on any atom is 0.343 e. The number of hydrogen-bond donors (Lipinski definition) is 1. The van der Waals surface area contributed by atoms with Gasteiger partial charge in [0.25, 0.3) is 5.91 Å². The van der Waals surface area contributed by atoms with Gasteiger partial charge in [-0.15, -0.1) is 11.8 Å². The molecule has 1 unspecified atom stereocenters. The van der Waals surface area contributed by atoms with Crippen molar-refractivity contribution in [3.63, 3.8) is 0 Å². The van der Waals surface area contributed by atoms with Crippen molar-refractivity contribution in [2.75, 3.05) is 19.3 Å². The predicted octanol–water partition coefficient (Wildman–Crippen LogP) is 2.05. The van der Waals surface area contributed by atoms with E-state index in [1.165, 1.54) is 4.90 Å². The third-order valence-corrected chi connectivity index (χ3v) is 3.97. The molecule has 0 saturated carbocycles. The summed E-state index contributed by atoms with van der Waals surface area (Å²) in [6.45, 7) is -0.253. The van der Waals surface area contributed by atoms with Crippen molar-refractivity contribution in [3.05, 3.63) is 29.8 Å². The highest BCUT2D eigenvalue weighted by molar-refractivity contribution is 7.98. The van der Waals surface area contributed by atoms with E-state index >= 15 is 0 Å². The molecule has 0 bridgehead atoms. The molecule has 1 aromatic rings. The number of halogens is 1. The number of thioether (sulfide) groups is 1. The Hall–Kier alpha value is -1.56. The maximum absolute atomic E-state index is 13.9. The Balaban J connectivity index is 2.11. The average Bonchev–Trinajstić information content (AvgIpc) is 2.82. The van der Waals surface area contributed by atoms with Crippen molar-refractivity contribution in [1.29, 1.82) is 0 Å². The SMILES string of the molecule is CSc1ccc(C(=O)N2CCC(F)(C(=O)O)C2)cc1. The van der Waals surface area contributed by atoms with E-state index in [2.05, 4.69) is 0 Å². The number of rotatable bonds is 3. The normalized spacial score (nSPS) is 22.5. The predicted molar refractivity (Wildman–Crippen MR) is 70.2 cm³/mol. The number of amides is 1. The summed E-state index contributed by atoms with van der Waals surface area (Å²) in [4.78, 5) is 25.2. The van der Waals surface area contributed by atoms with E-state index in [0.29, 0.717) is 5.56 Å². The van der Waals surface area contributed by atoms with Crippen LogP contribution >= 0.6 is 11.8 Å². The van der Waals surface area contributed by atoms with Gasteiger partial charge in [0.1, 0.15) is 0 Å². The van der Waals surface area contributed by atoms with Gasteiger partial charge in [-0.1, -0.05) is 0 Å². The number of nitrogens with zero attached hydrogens (tertiary/aromatic N) is 1. The quantitative estimate of drug-likeness (QED) is 0.863. The molecule has 1 aliphatic heterocycles. The number of likely N-dealkylation sites (tertiary alicyclic amines) is 1. The first-order valence-electron chi connectivity index (χ1n) is 5.82. The van der Waals surface area contributed by atoms with Gasteiger partial charge < -0.3 is 10.0 Å². The molecule has 1 aromatic carbocycles. The van der Waals surface area contributed by atoms with Crippen LogP contribution in [0.5, 0.6) is 0 Å². The van der Waals surface area contributed by atoms with Gasteiger partial charge >= 0.3 is 5.97 Å². The van der Waals surface area contributed by atoms with Gasteiger partial charge in [-0.3, -0.25) is 4.79 Å². The fourth-order valence-electron chi connectivity index (χ4n) is 2.04. The first-order chi connectivity index (χ1) is 8.96. The number of carbonyl (C=O) groups is 2. The number of hydrogen-bond acceptors (Lipinski definition) is 3. The first-order valence-corrected chi connectivity index (χ1v) is 7.04. The minimum atomic E-state index is -2.31. The molecule has 0 aromatic heterocycles. The van der Waals surface area contributed by atoms with E-state index in [0.717, 1.165) is 4.90 Å². The number of carboxylic acid groups (broad SMARTS) is 1. The summed E-state index contributed by atoms with van der Waals surface area (Å²) in [5.41, 5.74) is -1.86. The van der Waals surface area contributed by atoms with E-state index in [1.54, 1.807) is 23.9 Å². The van der Waals surface area contributed by atoms with Crippen LogP contribution in [0.4, 0.5) is 4.39 Å². The Morgan fingerprint density at radius 2 is 2.00 bits per heavy atom. The zero-order valence-electron chi connectivity index (χ0n) is 10.4. The molecule has 19 heavy (non-hydrogen) atoms. The molecule has 1 N–H and O–H groups in total. The maximum atomic E-state index is 13.9. The number of aliphatic carboxylic acids is 1. The lowest BCUT2D eigenvalue weighted by molar-refractivity contribution is -0.149. The Kier molecular flexibility index (Phi) is 3.80. The van der Waals surface area contributed by atoms with Gasteiger partial charge in [0.15, 0.2) is 0 Å². The van der Waals surface area contributed by atoms with Crippen LogP contribution in [0.3, 0.4) is 0 Å². The summed E-state index contributed by atoms with van der Waals surface area (Å²) in [5.74, 6) is -1.83. The van der Waals surface area contributed by atoms with Crippen LogP contribution in [-0.4, -0.2) is 46.9 Å². The smallest absolute Gasteiger partial charge is 0.343 e. The highest BCUT2D eigenvalue weighted by atomic mass is 32.2. The lowest BCUT2D eigenvalue weighted by Gasteiger charge is -2.17. The molecule has 1 heterocycles. The molecule has 1 atom stereocenters. The second-order valence-electron chi connectivity index (χ2n) is 4.48. The lowest BCUT2D eigenvalue weighted by Crippen LogP contribution is -2.38. The van der Waals surface area contributed by atoms with Crippen LogP contribution in [0.25, 0.3) is 0 Å². The highest BCUT2D eigenvalue weighted by Crippen LogP contribution is 2.27. The van der Waals surface area contributed by atoms with Crippen LogP contribution < -0.4 is 0 Å². The molecule has 1 amide bonds. The van der Waals surface area contributed by atoms with E-state index in [9.17, 15) is 14.0 Å². The molecule has 1 saturated heterocycles. The van der Waals surface area contributed by atoms with Crippen molar-refractivity contribution >= 4 is 23.6 Å². The molecular formula is C13H14FNO3S. The Labute approximate surface area is 114 Å². The van der Waals surface area contributed by atoms with Crippen LogP contribution in [0.15, 0.2) is 29.2 Å². The molecule has 4 nitrogen and oxygen atoms in total. The zero-order chi connectivity index (χ0) is 14.0. The minimum absolute atomic E-state index is 0.131. The summed E-state index contributed by atoms with van der Waals surface area (Å²) in [5, 5.41) is 8.80. The Morgan fingerprint density at radius 3 is 2.47 bits per heavy atom. The van der Waals surface area contributed by atoms with Crippen molar-refractivity contribution < 1.29 is 19.1 Å². The van der Waals surface area contributed by atoms with Gasteiger partial charge in [-0.25, -0.2) is 9.18 Å². The summed E-state index contributed by atoms with van der Waals surface area (Å²) in [7, 11) is 0. The number of alkyl halides is 1. The molecule has 1 fully saturated rings. The van der Waals surface area contributed by atoms with Crippen LogP contribution in [0.1, 0.15) is 16.8 Å². The van der Waals surface area contributed by atoms with Gasteiger partial charge in [-0.05, 0) is 30.5 Å². The van der Waals surface area contributed by atoms with Crippen molar-refractivity contribution in [3.8, 4) is 0 Å². The van der Waals surface area contributed by atoms with E-state index in [4.69, 9.17) is 5.11 Å². The molecule has 1 aliphatic rings. The van der Waals surface area contributed by atoms with Gasteiger partial charge in [0.2, 0.25) is 5.67 Å². The number of benzene rings is 1. The molecule has 102 valence electrons. The average molecular weight is 283 g/mol. The molecule has 0 radical (unpaired) electrons. The van der Waals surface area contributed by atoms with Crippen LogP contribution in [0.2, 0.25) is 0 Å². The van der Waals surface area contributed by atoms with Crippen LogP contribution in [0, 0.1) is 0 Å². The fourth-order valence-corrected chi connectivity index (χ4v) is 2.45. The van der Waals surface area contributed by atoms with Gasteiger partial charge in [-0.2, -0.15) is 0 Å². The number of carbonyl (C=O) groups excluding carboxylic acids is 1. The monoisotopic (exact) mass is 283 g/mol. The van der Waals surface area contributed by atoms with E-state index in [-0.39, 0.29) is 25.4 Å². The molecule has 2 rings (SSSR count). The van der Waals surface area contributed by atoms with E-state index < -0.39 is 11.6 Å². The standard InChI is InChI=1S/C13H14FNO3S/c1-19-10-4-2-9(3-5-10)11(16)15-7-6-13(14,8-15)12(17)18/h2-5H,6-8H2,1H3,(H,17,18). The first kappa shape index (κ1) is 13.9. The molecule has 0 spiro atoms. The number of carboxylic acids is 1. The van der Waals surface area contributed by atoms with Crippen LogP contribution in [-0.2, 0) is 4.79 Å². The minimum Gasteiger partial charge on any atom is -0.479 e. The third-order valence-electron chi connectivity index (χ3n) is 3.23. The van der Waals surface area contributed by atoms with Crippen molar-refractivity contribution in [2.24, 2.45) is 0 Å². The summed E-state index contributed by atoms with van der Waals surface area (Å²) in [6.07, 6.45) is 1.78. The second kappa shape index (κ2) is 5.21. The second-order valence-corrected chi connectivity index (χ2v) is 5.36. The summed E-state index contributed by atoms with van der Waals surface area (Å²) in [6, 6.07) is 6.97. The van der Waals surface area contributed by atoms with Crippen molar-refractivity contribution in [1.82, 2.24) is 4.90 Å². The largest absolute Gasteiger partial charge is 0.479 e. The summed E-state index contributed by atoms with van der Waals surface area (Å²) < 4.78 is 13.9. The fraction of sp³-hybridized carbons (Fsp3) is 0.385. The zero-order valence-corrected chi connectivity index (χ0v) is 11.2. The molecule has 6 heteroatoms. The summed E-state index contributed by atoms with van der Waals surface area (Å²) >= 11 is 1.56. The topological polar surface area (TPSA) is 57.6 Å². The molecule has 0 aliphatic carbocycles. The Bertz CT molecular complexity index is 505. The third kappa shape index (κ3) is 2.73.